The van der Waals surface area contributed by atoms with E-state index in [0.29, 0.717) is 5.92 Å². The molecule has 2 saturated carbocycles. The van der Waals surface area contributed by atoms with E-state index in [9.17, 15) is 4.79 Å². The Kier molecular flexibility index (Phi) is 1.83. The molecular weight excluding hydrogens is 154 g/mol. The monoisotopic (exact) mass is 169 g/mol. The van der Waals surface area contributed by atoms with E-state index in [2.05, 4.69) is 0 Å². The van der Waals surface area contributed by atoms with Crippen LogP contribution in [-0.2, 0) is 4.79 Å². The molecule has 3 nitrogen and oxygen atoms in total. The Hall–Kier alpha value is -0.570. The Morgan fingerprint density at radius 2 is 2.17 bits per heavy atom. The van der Waals surface area contributed by atoms with Crippen molar-refractivity contribution in [3.05, 3.63) is 0 Å². The average molecular weight is 169 g/mol. The largest absolute Gasteiger partial charge is 0.480 e. The van der Waals surface area contributed by atoms with Crippen LogP contribution in [0.5, 0.6) is 0 Å². The summed E-state index contributed by atoms with van der Waals surface area (Å²) in [4.78, 5) is 10.6. The topological polar surface area (TPSA) is 63.3 Å². The Morgan fingerprint density at radius 1 is 1.42 bits per heavy atom. The summed E-state index contributed by atoms with van der Waals surface area (Å²) in [5, 5.41) is 8.75. The highest BCUT2D eigenvalue weighted by atomic mass is 16.4. The van der Waals surface area contributed by atoms with Crippen LogP contribution in [-0.4, -0.2) is 17.1 Å². The Labute approximate surface area is 71.9 Å². The zero-order valence-electron chi connectivity index (χ0n) is 7.07. The van der Waals surface area contributed by atoms with Crippen LogP contribution in [0.2, 0.25) is 0 Å². The summed E-state index contributed by atoms with van der Waals surface area (Å²) in [6.45, 7) is 0. The standard InChI is InChI=1S/C9H15NO2/c10-8(9(11)12)7-4-5-1-2-6(7)3-5/h5-8H,1-4,10H2,(H,11,12)/t5?,6?,7?,8-/m0/s1. The fraction of sp³-hybridized carbons (Fsp3) is 0.889. The maximum atomic E-state index is 10.6. The van der Waals surface area contributed by atoms with Crippen molar-refractivity contribution in [3.63, 3.8) is 0 Å². The van der Waals surface area contributed by atoms with Gasteiger partial charge in [-0.05, 0) is 37.0 Å². The first kappa shape index (κ1) is 8.05. The summed E-state index contributed by atoms with van der Waals surface area (Å²) in [6.07, 6.45) is 4.79. The van der Waals surface area contributed by atoms with Gasteiger partial charge in [0.25, 0.3) is 0 Å². The van der Waals surface area contributed by atoms with Gasteiger partial charge in [-0.2, -0.15) is 0 Å². The van der Waals surface area contributed by atoms with Gasteiger partial charge in [0.1, 0.15) is 6.04 Å². The average Bonchev–Trinajstić information content (AvgIpc) is 2.62. The summed E-state index contributed by atoms with van der Waals surface area (Å²) in [5.74, 6) is 0.834. The third-order valence-corrected chi connectivity index (χ3v) is 3.54. The number of fused-ring (bicyclic) bond motifs is 2. The van der Waals surface area contributed by atoms with Crippen LogP contribution in [0.25, 0.3) is 0 Å². The molecule has 12 heavy (non-hydrogen) atoms. The zero-order valence-corrected chi connectivity index (χ0v) is 7.07. The minimum atomic E-state index is -0.826. The van der Waals surface area contributed by atoms with Crippen molar-refractivity contribution < 1.29 is 9.90 Å². The number of aliphatic carboxylic acids is 1. The quantitative estimate of drug-likeness (QED) is 0.643. The van der Waals surface area contributed by atoms with Gasteiger partial charge in [0.05, 0.1) is 0 Å². The molecule has 0 aromatic rings. The van der Waals surface area contributed by atoms with Crippen molar-refractivity contribution in [1.29, 1.82) is 0 Å². The summed E-state index contributed by atoms with van der Waals surface area (Å²) in [6, 6.07) is -0.611. The number of carboxylic acid groups (broad SMARTS) is 1. The molecule has 0 amide bonds. The van der Waals surface area contributed by atoms with Crippen LogP contribution >= 0.6 is 0 Å². The minimum absolute atomic E-state index is 0.265. The van der Waals surface area contributed by atoms with Crippen molar-refractivity contribution in [2.45, 2.75) is 31.7 Å². The lowest BCUT2D eigenvalue weighted by atomic mass is 9.84. The van der Waals surface area contributed by atoms with E-state index in [4.69, 9.17) is 10.8 Å². The molecule has 0 spiro atoms. The van der Waals surface area contributed by atoms with Gasteiger partial charge >= 0.3 is 5.97 Å². The second-order valence-corrected chi connectivity index (χ2v) is 4.20. The predicted octanol–water partition coefficient (Wildman–Crippen LogP) is 0.834. The van der Waals surface area contributed by atoms with Crippen molar-refractivity contribution in [2.24, 2.45) is 23.5 Å². The maximum absolute atomic E-state index is 10.6. The SMILES string of the molecule is N[C@H](C(=O)O)C1CC2CCC1C2. The van der Waals surface area contributed by atoms with E-state index in [-0.39, 0.29) is 5.92 Å². The van der Waals surface area contributed by atoms with Crippen LogP contribution in [0.4, 0.5) is 0 Å². The third kappa shape index (κ3) is 1.12. The maximum Gasteiger partial charge on any atom is 0.320 e. The lowest BCUT2D eigenvalue weighted by Gasteiger charge is -2.24. The molecule has 3 N–H and O–H groups in total. The molecule has 68 valence electrons. The molecule has 0 saturated heterocycles. The Bertz CT molecular complexity index is 205. The molecule has 3 unspecified atom stereocenters. The molecule has 2 fully saturated rings. The van der Waals surface area contributed by atoms with E-state index < -0.39 is 12.0 Å². The van der Waals surface area contributed by atoms with Gasteiger partial charge in [-0.15, -0.1) is 0 Å². The summed E-state index contributed by atoms with van der Waals surface area (Å²) in [7, 11) is 0. The Morgan fingerprint density at radius 3 is 2.58 bits per heavy atom. The van der Waals surface area contributed by atoms with E-state index in [1.165, 1.54) is 19.3 Å². The number of hydrogen-bond donors (Lipinski definition) is 2. The molecule has 0 heterocycles. The van der Waals surface area contributed by atoms with E-state index in [1.807, 2.05) is 0 Å². The molecule has 0 aromatic carbocycles. The normalized spacial score (nSPS) is 41.6. The highest BCUT2D eigenvalue weighted by Crippen LogP contribution is 2.49. The fourth-order valence-corrected chi connectivity index (χ4v) is 2.92. The third-order valence-electron chi connectivity index (χ3n) is 3.54. The second-order valence-electron chi connectivity index (χ2n) is 4.20. The van der Waals surface area contributed by atoms with Crippen LogP contribution in [0.1, 0.15) is 25.7 Å². The van der Waals surface area contributed by atoms with Crippen molar-refractivity contribution in [1.82, 2.24) is 0 Å². The summed E-state index contributed by atoms with van der Waals surface area (Å²) >= 11 is 0. The molecular formula is C9H15NO2. The van der Waals surface area contributed by atoms with Gasteiger partial charge in [0.2, 0.25) is 0 Å². The number of rotatable bonds is 2. The molecule has 3 heteroatoms. The molecule has 2 aliphatic rings. The van der Waals surface area contributed by atoms with Gasteiger partial charge in [0, 0.05) is 0 Å². The van der Waals surface area contributed by atoms with Crippen LogP contribution in [0.3, 0.4) is 0 Å². The first-order valence-electron chi connectivity index (χ1n) is 4.67. The molecule has 2 aliphatic carbocycles. The minimum Gasteiger partial charge on any atom is -0.480 e. The smallest absolute Gasteiger partial charge is 0.320 e. The van der Waals surface area contributed by atoms with Gasteiger partial charge in [-0.25, -0.2) is 0 Å². The highest BCUT2D eigenvalue weighted by molar-refractivity contribution is 5.73. The molecule has 2 rings (SSSR count). The molecule has 2 bridgehead atoms. The number of carboxylic acids is 1. The van der Waals surface area contributed by atoms with Crippen molar-refractivity contribution >= 4 is 5.97 Å². The number of nitrogens with two attached hydrogens (primary N) is 1. The van der Waals surface area contributed by atoms with Crippen LogP contribution in [0.15, 0.2) is 0 Å². The van der Waals surface area contributed by atoms with Crippen molar-refractivity contribution in [3.8, 4) is 0 Å². The summed E-state index contributed by atoms with van der Waals surface area (Å²) in [5.41, 5.74) is 5.61. The lowest BCUT2D eigenvalue weighted by molar-refractivity contribution is -0.140. The molecule has 0 radical (unpaired) electrons. The zero-order chi connectivity index (χ0) is 8.72. The number of hydrogen-bond acceptors (Lipinski definition) is 2. The van der Waals surface area contributed by atoms with Crippen LogP contribution in [0, 0.1) is 17.8 Å². The lowest BCUT2D eigenvalue weighted by Crippen LogP contribution is -2.40. The van der Waals surface area contributed by atoms with Gasteiger partial charge in [-0.3, -0.25) is 4.79 Å². The van der Waals surface area contributed by atoms with E-state index in [1.54, 1.807) is 0 Å². The second kappa shape index (κ2) is 2.73. The van der Waals surface area contributed by atoms with Crippen molar-refractivity contribution in [2.75, 3.05) is 0 Å². The first-order chi connectivity index (χ1) is 5.68. The number of carbonyl (C=O) groups is 1. The van der Waals surface area contributed by atoms with Gasteiger partial charge in [0.15, 0.2) is 0 Å². The molecule has 0 aromatic heterocycles. The molecule has 4 atom stereocenters. The van der Waals surface area contributed by atoms with Gasteiger partial charge in [-0.1, -0.05) is 6.42 Å². The predicted molar refractivity (Wildman–Crippen MR) is 44.5 cm³/mol. The van der Waals surface area contributed by atoms with E-state index >= 15 is 0 Å². The van der Waals surface area contributed by atoms with Gasteiger partial charge < -0.3 is 10.8 Å². The first-order valence-corrected chi connectivity index (χ1v) is 4.67. The molecule has 0 aliphatic heterocycles. The summed E-state index contributed by atoms with van der Waals surface area (Å²) < 4.78 is 0. The fourth-order valence-electron chi connectivity index (χ4n) is 2.92. The van der Waals surface area contributed by atoms with E-state index in [0.717, 1.165) is 12.3 Å². The van der Waals surface area contributed by atoms with Crippen LogP contribution < -0.4 is 5.73 Å². The highest BCUT2D eigenvalue weighted by Gasteiger charge is 2.43. The Balaban J connectivity index is 2.02.